The summed E-state index contributed by atoms with van der Waals surface area (Å²) in [5, 5.41) is 0. The van der Waals surface area contributed by atoms with Crippen LogP contribution in [0.3, 0.4) is 0 Å². The van der Waals surface area contributed by atoms with Gasteiger partial charge in [-0.1, -0.05) is 12.7 Å². The average molecular weight is 156 g/mol. The monoisotopic (exact) mass is 156 g/mol. The summed E-state index contributed by atoms with van der Waals surface area (Å²) in [5.41, 5.74) is 0. The zero-order chi connectivity index (χ0) is 7.56. The lowest BCUT2D eigenvalue weighted by Gasteiger charge is -2.04. The van der Waals surface area contributed by atoms with Gasteiger partial charge < -0.3 is 4.74 Å². The van der Waals surface area contributed by atoms with Gasteiger partial charge in [0.25, 0.3) is 0 Å². The van der Waals surface area contributed by atoms with Gasteiger partial charge in [0.15, 0.2) is 0 Å². The van der Waals surface area contributed by atoms with E-state index in [4.69, 9.17) is 4.74 Å². The fourth-order valence-corrected chi connectivity index (χ4v) is 1.42. The van der Waals surface area contributed by atoms with Gasteiger partial charge in [0, 0.05) is 5.92 Å². The van der Waals surface area contributed by atoms with Gasteiger partial charge in [-0.15, -0.1) is 15.8 Å². The molecule has 1 nitrogen and oxygen atoms in total. The lowest BCUT2D eigenvalue weighted by atomic mass is 10.1. The summed E-state index contributed by atoms with van der Waals surface area (Å²) >= 11 is 0. The predicted molar refractivity (Wildman–Crippen MR) is 46.9 cm³/mol. The fourth-order valence-electron chi connectivity index (χ4n) is 1.14. The Morgan fingerprint density at radius 1 is 1.80 bits per heavy atom. The normalized spacial score (nSPS) is 31.9. The molecule has 0 aromatic heterocycles. The Morgan fingerprint density at radius 2 is 2.50 bits per heavy atom. The molecule has 2 heteroatoms. The van der Waals surface area contributed by atoms with E-state index in [0.29, 0.717) is 12.0 Å². The molecule has 10 heavy (non-hydrogen) atoms. The highest BCUT2D eigenvalue weighted by atomic mass is 31.0. The lowest BCUT2D eigenvalue weighted by molar-refractivity contribution is 0.182. The third-order valence-corrected chi connectivity index (χ3v) is 2.32. The van der Waals surface area contributed by atoms with Crippen molar-refractivity contribution in [1.29, 1.82) is 0 Å². The average Bonchev–Trinajstić information content (AvgIpc) is 2.30. The predicted octanol–water partition coefficient (Wildman–Crippen LogP) is 1.97. The SMILES string of the molecule is C=CC1CC(CP)OC1=C. The molecule has 1 heterocycles. The first kappa shape index (κ1) is 7.81. The molecule has 0 saturated carbocycles. The van der Waals surface area contributed by atoms with Crippen LogP contribution in [0.4, 0.5) is 0 Å². The van der Waals surface area contributed by atoms with Crippen LogP contribution in [0.1, 0.15) is 6.42 Å². The number of allylic oxidation sites excluding steroid dienone is 1. The van der Waals surface area contributed by atoms with Crippen molar-refractivity contribution in [2.45, 2.75) is 12.5 Å². The molecule has 0 N–H and O–H groups in total. The zero-order valence-corrected chi connectivity index (χ0v) is 7.20. The number of hydrogen-bond acceptors (Lipinski definition) is 1. The quantitative estimate of drug-likeness (QED) is 0.438. The van der Waals surface area contributed by atoms with E-state index in [1.165, 1.54) is 0 Å². The van der Waals surface area contributed by atoms with Gasteiger partial charge in [0.05, 0.1) is 5.76 Å². The standard InChI is InChI=1S/C8H13OP/c1-3-7-4-8(5-10)9-6(7)2/h3,7-8H,1-2,4-5,10H2. The number of ether oxygens (including phenoxy) is 1. The summed E-state index contributed by atoms with van der Waals surface area (Å²) in [4.78, 5) is 0. The molecule has 0 aromatic carbocycles. The van der Waals surface area contributed by atoms with Gasteiger partial charge in [0.1, 0.15) is 6.10 Å². The molecule has 3 atom stereocenters. The molecule has 0 bridgehead atoms. The van der Waals surface area contributed by atoms with Crippen molar-refractivity contribution < 1.29 is 4.74 Å². The Morgan fingerprint density at radius 3 is 2.80 bits per heavy atom. The van der Waals surface area contributed by atoms with E-state index >= 15 is 0 Å². The van der Waals surface area contributed by atoms with Crippen molar-refractivity contribution in [3.05, 3.63) is 25.0 Å². The molecule has 3 unspecified atom stereocenters. The second-order valence-electron chi connectivity index (χ2n) is 2.52. The van der Waals surface area contributed by atoms with E-state index in [0.717, 1.165) is 18.3 Å². The summed E-state index contributed by atoms with van der Waals surface area (Å²) in [6, 6.07) is 0. The summed E-state index contributed by atoms with van der Waals surface area (Å²) < 4.78 is 5.43. The number of hydrogen-bond donors (Lipinski definition) is 0. The highest BCUT2D eigenvalue weighted by molar-refractivity contribution is 7.16. The van der Waals surface area contributed by atoms with E-state index in [-0.39, 0.29) is 0 Å². The van der Waals surface area contributed by atoms with Gasteiger partial charge in [-0.2, -0.15) is 0 Å². The Labute approximate surface area is 64.4 Å². The molecular formula is C8H13OP. The second kappa shape index (κ2) is 3.21. The highest BCUT2D eigenvalue weighted by Crippen LogP contribution is 2.29. The molecule has 56 valence electrons. The minimum atomic E-state index is 0.348. The van der Waals surface area contributed by atoms with E-state index in [2.05, 4.69) is 22.4 Å². The zero-order valence-electron chi connectivity index (χ0n) is 6.05. The van der Waals surface area contributed by atoms with Crippen molar-refractivity contribution in [2.75, 3.05) is 6.16 Å². The Balaban J connectivity index is 2.52. The van der Waals surface area contributed by atoms with Gasteiger partial charge in [-0.25, -0.2) is 0 Å². The van der Waals surface area contributed by atoms with Crippen LogP contribution in [0.25, 0.3) is 0 Å². The molecule has 1 aliphatic heterocycles. The summed E-state index contributed by atoms with van der Waals surface area (Å²) in [6.45, 7) is 7.52. The maximum Gasteiger partial charge on any atom is 0.103 e. The summed E-state index contributed by atoms with van der Waals surface area (Å²) in [5.74, 6) is 1.26. The molecule has 0 spiro atoms. The molecule has 1 fully saturated rings. The maximum absolute atomic E-state index is 5.43. The van der Waals surface area contributed by atoms with E-state index in [1.807, 2.05) is 6.08 Å². The molecule has 1 aliphatic rings. The van der Waals surface area contributed by atoms with Crippen molar-refractivity contribution in [3.8, 4) is 0 Å². The first-order chi connectivity index (χ1) is 4.77. The molecule has 0 radical (unpaired) electrons. The Bertz CT molecular complexity index is 153. The molecular weight excluding hydrogens is 143 g/mol. The van der Waals surface area contributed by atoms with Crippen LogP contribution in [0, 0.1) is 5.92 Å². The van der Waals surface area contributed by atoms with Crippen molar-refractivity contribution >= 4 is 9.24 Å². The largest absolute Gasteiger partial charge is 0.494 e. The fraction of sp³-hybridized carbons (Fsp3) is 0.500. The highest BCUT2D eigenvalue weighted by Gasteiger charge is 2.25. The number of rotatable bonds is 2. The van der Waals surface area contributed by atoms with Crippen LogP contribution >= 0.6 is 9.24 Å². The van der Waals surface area contributed by atoms with Crippen LogP contribution in [-0.2, 0) is 4.74 Å². The minimum absolute atomic E-state index is 0.348. The van der Waals surface area contributed by atoms with Crippen LogP contribution in [0.5, 0.6) is 0 Å². The smallest absolute Gasteiger partial charge is 0.103 e. The summed E-state index contributed by atoms with van der Waals surface area (Å²) in [7, 11) is 2.68. The van der Waals surface area contributed by atoms with E-state index < -0.39 is 0 Å². The van der Waals surface area contributed by atoms with Gasteiger partial charge in [-0.3, -0.25) is 0 Å². The minimum Gasteiger partial charge on any atom is -0.494 e. The first-order valence-electron chi connectivity index (χ1n) is 3.46. The van der Waals surface area contributed by atoms with Crippen molar-refractivity contribution in [2.24, 2.45) is 5.92 Å². The Kier molecular flexibility index (Phi) is 2.50. The molecule has 1 rings (SSSR count). The van der Waals surface area contributed by atoms with Gasteiger partial charge in [-0.05, 0) is 12.6 Å². The van der Waals surface area contributed by atoms with Crippen LogP contribution in [-0.4, -0.2) is 12.3 Å². The summed E-state index contributed by atoms with van der Waals surface area (Å²) in [6.07, 6.45) is 4.29. The first-order valence-corrected chi connectivity index (χ1v) is 4.27. The van der Waals surface area contributed by atoms with Crippen LogP contribution < -0.4 is 0 Å². The van der Waals surface area contributed by atoms with Gasteiger partial charge in [0.2, 0.25) is 0 Å². The third-order valence-electron chi connectivity index (χ3n) is 1.80. The van der Waals surface area contributed by atoms with Crippen LogP contribution in [0.2, 0.25) is 0 Å². The molecule has 1 saturated heterocycles. The van der Waals surface area contributed by atoms with Crippen molar-refractivity contribution in [3.63, 3.8) is 0 Å². The molecule has 0 aromatic rings. The molecule has 0 aliphatic carbocycles. The topological polar surface area (TPSA) is 9.23 Å². The second-order valence-corrected chi connectivity index (χ2v) is 2.99. The Hall–Kier alpha value is -0.290. The van der Waals surface area contributed by atoms with Crippen LogP contribution in [0.15, 0.2) is 25.0 Å². The molecule has 0 amide bonds. The third kappa shape index (κ3) is 1.41. The van der Waals surface area contributed by atoms with Gasteiger partial charge >= 0.3 is 0 Å². The lowest BCUT2D eigenvalue weighted by Crippen LogP contribution is -2.04. The van der Waals surface area contributed by atoms with E-state index in [1.54, 1.807) is 0 Å². The van der Waals surface area contributed by atoms with E-state index in [9.17, 15) is 0 Å². The maximum atomic E-state index is 5.43. The van der Waals surface area contributed by atoms with Crippen molar-refractivity contribution in [1.82, 2.24) is 0 Å².